The second-order valence-electron chi connectivity index (χ2n) is 3.18. The van der Waals surface area contributed by atoms with Gasteiger partial charge < -0.3 is 10.6 Å². The van der Waals surface area contributed by atoms with Crippen molar-refractivity contribution < 1.29 is 0 Å². The van der Waals surface area contributed by atoms with Crippen molar-refractivity contribution in [2.24, 2.45) is 0 Å². The van der Waals surface area contributed by atoms with E-state index >= 15 is 0 Å². The third kappa shape index (κ3) is 2.32. The van der Waals surface area contributed by atoms with Gasteiger partial charge in [0.05, 0.1) is 0 Å². The second kappa shape index (κ2) is 3.94. The minimum Gasteiger partial charge on any atom is -0.366 e. The van der Waals surface area contributed by atoms with E-state index in [1.165, 1.54) is 0 Å². The van der Waals surface area contributed by atoms with Crippen molar-refractivity contribution in [1.29, 1.82) is 0 Å². The third-order valence-electron chi connectivity index (χ3n) is 2.13. The van der Waals surface area contributed by atoms with Gasteiger partial charge in [-0.05, 0) is 25.1 Å². The first-order chi connectivity index (χ1) is 6.34. The van der Waals surface area contributed by atoms with E-state index < -0.39 is 0 Å². The van der Waals surface area contributed by atoms with Crippen LogP contribution in [0, 0.1) is 0 Å². The lowest BCUT2D eigenvalue weighted by molar-refractivity contribution is 0.788. The highest BCUT2D eigenvalue weighted by molar-refractivity contribution is 6.29. The van der Waals surface area contributed by atoms with Crippen molar-refractivity contribution in [2.75, 3.05) is 18.4 Å². The summed E-state index contributed by atoms with van der Waals surface area (Å²) in [7, 11) is 0. The molecular weight excluding hydrogens is 186 g/mol. The van der Waals surface area contributed by atoms with Crippen LogP contribution < -0.4 is 10.6 Å². The molecule has 13 heavy (non-hydrogen) atoms. The predicted molar refractivity (Wildman–Crippen MR) is 54.1 cm³/mol. The van der Waals surface area contributed by atoms with Gasteiger partial charge in [-0.3, -0.25) is 0 Å². The first-order valence-corrected chi connectivity index (χ1v) is 4.82. The van der Waals surface area contributed by atoms with E-state index in [1.54, 1.807) is 6.07 Å². The van der Waals surface area contributed by atoms with Crippen molar-refractivity contribution in [3.05, 3.63) is 23.4 Å². The molecule has 1 aliphatic rings. The molecule has 70 valence electrons. The van der Waals surface area contributed by atoms with Crippen LogP contribution in [0.25, 0.3) is 0 Å². The molecule has 2 heterocycles. The summed E-state index contributed by atoms with van der Waals surface area (Å²) in [6, 6.07) is 6.11. The van der Waals surface area contributed by atoms with Crippen molar-refractivity contribution in [3.63, 3.8) is 0 Å². The molecule has 3 nitrogen and oxygen atoms in total. The quantitative estimate of drug-likeness (QED) is 0.706. The van der Waals surface area contributed by atoms with E-state index in [2.05, 4.69) is 15.6 Å². The molecule has 0 saturated carbocycles. The summed E-state index contributed by atoms with van der Waals surface area (Å²) in [5, 5.41) is 7.15. The van der Waals surface area contributed by atoms with Crippen molar-refractivity contribution >= 4 is 17.4 Å². The molecule has 2 N–H and O–H groups in total. The van der Waals surface area contributed by atoms with Gasteiger partial charge >= 0.3 is 0 Å². The summed E-state index contributed by atoms with van der Waals surface area (Å²) in [5.41, 5.74) is 0. The van der Waals surface area contributed by atoms with Gasteiger partial charge in [0.2, 0.25) is 0 Å². The van der Waals surface area contributed by atoms with E-state index in [0.717, 1.165) is 25.3 Å². The van der Waals surface area contributed by atoms with Crippen molar-refractivity contribution in [2.45, 2.75) is 12.5 Å². The number of nitrogens with one attached hydrogen (secondary N) is 2. The Morgan fingerprint density at radius 1 is 1.54 bits per heavy atom. The number of halogens is 1. The highest BCUT2D eigenvalue weighted by Gasteiger charge is 2.13. The highest BCUT2D eigenvalue weighted by atomic mass is 35.5. The fourth-order valence-electron chi connectivity index (χ4n) is 1.48. The zero-order valence-corrected chi connectivity index (χ0v) is 8.01. The van der Waals surface area contributed by atoms with Gasteiger partial charge in [0.1, 0.15) is 11.0 Å². The van der Waals surface area contributed by atoms with Gasteiger partial charge in [-0.15, -0.1) is 0 Å². The number of pyridine rings is 1. The minimum atomic E-state index is 0.492. The monoisotopic (exact) mass is 197 g/mol. The Hall–Kier alpha value is -0.800. The van der Waals surface area contributed by atoms with Crippen LogP contribution in [0.4, 0.5) is 5.82 Å². The van der Waals surface area contributed by atoms with E-state index in [9.17, 15) is 0 Å². The molecule has 0 radical (unpaired) electrons. The Morgan fingerprint density at radius 2 is 2.46 bits per heavy atom. The first kappa shape index (κ1) is 8.78. The molecule has 1 atom stereocenters. The smallest absolute Gasteiger partial charge is 0.131 e. The summed E-state index contributed by atoms with van der Waals surface area (Å²) in [6.45, 7) is 2.09. The van der Waals surface area contributed by atoms with Crippen LogP contribution in [0.5, 0.6) is 0 Å². The zero-order chi connectivity index (χ0) is 9.10. The van der Waals surface area contributed by atoms with Gasteiger partial charge in [-0.1, -0.05) is 17.7 Å². The lowest BCUT2D eigenvalue weighted by Gasteiger charge is -2.11. The fraction of sp³-hybridized carbons (Fsp3) is 0.444. The Bertz CT molecular complexity index is 284. The molecular formula is C9H12ClN3. The van der Waals surface area contributed by atoms with Gasteiger partial charge in [0, 0.05) is 12.6 Å². The van der Waals surface area contributed by atoms with Crippen LogP contribution in [0.1, 0.15) is 6.42 Å². The molecule has 0 aliphatic carbocycles. The highest BCUT2D eigenvalue weighted by Crippen LogP contribution is 2.12. The molecule has 0 spiro atoms. The molecule has 0 bridgehead atoms. The van der Waals surface area contributed by atoms with Gasteiger partial charge in [-0.2, -0.15) is 0 Å². The van der Waals surface area contributed by atoms with E-state index in [0.29, 0.717) is 11.2 Å². The normalized spacial score (nSPS) is 21.8. The van der Waals surface area contributed by atoms with E-state index in [4.69, 9.17) is 11.6 Å². The summed E-state index contributed by atoms with van der Waals surface area (Å²) >= 11 is 5.76. The Labute approximate surface area is 82.5 Å². The Kier molecular flexibility index (Phi) is 2.66. The van der Waals surface area contributed by atoms with Crippen LogP contribution in [0.3, 0.4) is 0 Å². The maximum atomic E-state index is 5.76. The molecule has 0 aromatic carbocycles. The van der Waals surface area contributed by atoms with Crippen molar-refractivity contribution in [3.8, 4) is 0 Å². The molecule has 2 rings (SSSR count). The summed E-state index contributed by atoms with van der Waals surface area (Å²) in [4.78, 5) is 4.16. The summed E-state index contributed by atoms with van der Waals surface area (Å²) < 4.78 is 0. The van der Waals surface area contributed by atoms with Gasteiger partial charge in [0.15, 0.2) is 0 Å². The SMILES string of the molecule is Clc1cccc(NC2CCNC2)n1. The zero-order valence-electron chi connectivity index (χ0n) is 7.26. The standard InChI is InChI=1S/C9H12ClN3/c10-8-2-1-3-9(13-8)12-7-4-5-11-6-7/h1-3,7,11H,4-6H2,(H,12,13). The minimum absolute atomic E-state index is 0.492. The number of hydrogen-bond acceptors (Lipinski definition) is 3. The number of nitrogens with zero attached hydrogens (tertiary/aromatic N) is 1. The maximum absolute atomic E-state index is 5.76. The van der Waals surface area contributed by atoms with Gasteiger partial charge in [-0.25, -0.2) is 4.98 Å². The maximum Gasteiger partial charge on any atom is 0.131 e. The largest absolute Gasteiger partial charge is 0.366 e. The number of hydrogen-bond donors (Lipinski definition) is 2. The van der Waals surface area contributed by atoms with E-state index in [-0.39, 0.29) is 0 Å². The van der Waals surface area contributed by atoms with Gasteiger partial charge in [0.25, 0.3) is 0 Å². The van der Waals surface area contributed by atoms with Crippen molar-refractivity contribution in [1.82, 2.24) is 10.3 Å². The van der Waals surface area contributed by atoms with Crippen LogP contribution >= 0.6 is 11.6 Å². The lowest BCUT2D eigenvalue weighted by atomic mass is 10.2. The molecule has 1 aliphatic heterocycles. The Balaban J connectivity index is 2.00. The third-order valence-corrected chi connectivity index (χ3v) is 2.34. The van der Waals surface area contributed by atoms with Crippen LogP contribution in [-0.2, 0) is 0 Å². The topological polar surface area (TPSA) is 37.0 Å². The average Bonchev–Trinajstić information content (AvgIpc) is 2.57. The predicted octanol–water partition coefficient (Wildman–Crippen LogP) is 1.51. The van der Waals surface area contributed by atoms with Crippen LogP contribution in [0.15, 0.2) is 18.2 Å². The number of rotatable bonds is 2. The number of aromatic nitrogens is 1. The molecule has 0 amide bonds. The Morgan fingerprint density at radius 3 is 3.15 bits per heavy atom. The molecule has 1 unspecified atom stereocenters. The summed E-state index contributed by atoms with van der Waals surface area (Å²) in [5.74, 6) is 0.862. The lowest BCUT2D eigenvalue weighted by Crippen LogP contribution is -2.22. The first-order valence-electron chi connectivity index (χ1n) is 4.44. The molecule has 1 aromatic heterocycles. The van der Waals surface area contributed by atoms with Crippen LogP contribution in [-0.4, -0.2) is 24.1 Å². The molecule has 1 saturated heterocycles. The fourth-order valence-corrected chi connectivity index (χ4v) is 1.64. The van der Waals surface area contributed by atoms with E-state index in [1.807, 2.05) is 12.1 Å². The number of anilines is 1. The summed E-state index contributed by atoms with van der Waals surface area (Å²) in [6.07, 6.45) is 1.15. The molecule has 1 aromatic rings. The average molecular weight is 198 g/mol. The van der Waals surface area contributed by atoms with Crippen LogP contribution in [0.2, 0.25) is 5.15 Å². The molecule has 1 fully saturated rings. The molecule has 4 heteroatoms. The second-order valence-corrected chi connectivity index (χ2v) is 3.57.